The Kier molecular flexibility index (Phi) is 4.93. The average Bonchev–Trinajstić information content (AvgIpc) is 2.91. The Balaban J connectivity index is 2.23. The minimum absolute atomic E-state index is 0.0881. The zero-order valence-corrected chi connectivity index (χ0v) is 13.2. The van der Waals surface area contributed by atoms with Crippen molar-refractivity contribution in [3.8, 4) is 5.75 Å². The molecule has 1 aliphatic heterocycles. The van der Waals surface area contributed by atoms with Crippen LogP contribution < -0.4 is 10.1 Å². The van der Waals surface area contributed by atoms with Crippen LogP contribution in [0.25, 0.3) is 0 Å². The number of ether oxygens (including phenoxy) is 1. The first-order chi connectivity index (χ1) is 10.1. The van der Waals surface area contributed by atoms with E-state index in [9.17, 15) is 21.6 Å². The summed E-state index contributed by atoms with van der Waals surface area (Å²) >= 11 is 5.93. The van der Waals surface area contributed by atoms with E-state index in [2.05, 4.69) is 5.32 Å². The Bertz CT molecular complexity index is 642. The minimum Gasteiger partial charge on any atom is -0.481 e. The average molecular weight is 358 g/mol. The molecule has 1 heterocycles. The number of alkyl halides is 3. The van der Waals surface area contributed by atoms with E-state index in [1.54, 1.807) is 0 Å². The highest BCUT2D eigenvalue weighted by Gasteiger charge is 2.38. The van der Waals surface area contributed by atoms with E-state index < -0.39 is 27.4 Å². The summed E-state index contributed by atoms with van der Waals surface area (Å²) in [5.74, 6) is -0.127. The van der Waals surface area contributed by atoms with Crippen molar-refractivity contribution in [3.05, 3.63) is 23.2 Å². The monoisotopic (exact) mass is 357 g/mol. The molecule has 2 rings (SSSR count). The van der Waals surface area contributed by atoms with Crippen molar-refractivity contribution < 1.29 is 26.3 Å². The van der Waals surface area contributed by atoms with Crippen LogP contribution in [0, 0.1) is 0 Å². The lowest BCUT2D eigenvalue weighted by molar-refractivity contribution is -0.189. The highest BCUT2D eigenvalue weighted by molar-refractivity contribution is 7.92. The Hall–Kier alpha value is -0.990. The molecular formula is C13H15ClF3NO3S. The molecule has 0 bridgehead atoms. The van der Waals surface area contributed by atoms with Crippen LogP contribution in [0.3, 0.4) is 0 Å². The van der Waals surface area contributed by atoms with Gasteiger partial charge in [0.25, 0.3) is 0 Å². The molecule has 0 amide bonds. The predicted octanol–water partition coefficient (Wildman–Crippen LogP) is 2.81. The minimum atomic E-state index is -4.51. The van der Waals surface area contributed by atoms with Gasteiger partial charge in [0.05, 0.1) is 15.2 Å². The van der Waals surface area contributed by atoms with Gasteiger partial charge in [-0.15, -0.1) is 0 Å². The summed E-state index contributed by atoms with van der Waals surface area (Å²) in [6.45, 7) is 1.80. The largest absolute Gasteiger partial charge is 0.481 e. The first-order valence-electron chi connectivity index (χ1n) is 6.60. The number of hydrogen-bond donors (Lipinski definition) is 1. The molecule has 22 heavy (non-hydrogen) atoms. The summed E-state index contributed by atoms with van der Waals surface area (Å²) in [5.41, 5.74) is 0. The zero-order valence-electron chi connectivity index (χ0n) is 11.7. The first kappa shape index (κ1) is 17.4. The van der Waals surface area contributed by atoms with E-state index in [1.807, 2.05) is 0 Å². The van der Waals surface area contributed by atoms with Crippen LogP contribution in [0.4, 0.5) is 13.2 Å². The van der Waals surface area contributed by atoms with Crippen LogP contribution in [-0.4, -0.2) is 39.0 Å². The van der Waals surface area contributed by atoms with E-state index in [1.165, 1.54) is 12.1 Å². The summed E-state index contributed by atoms with van der Waals surface area (Å²) in [4.78, 5) is -0.0881. The Morgan fingerprint density at radius 2 is 2.09 bits per heavy atom. The molecule has 0 unspecified atom stereocenters. The van der Waals surface area contributed by atoms with Crippen LogP contribution in [0.5, 0.6) is 5.75 Å². The van der Waals surface area contributed by atoms with Crippen molar-refractivity contribution in [2.45, 2.75) is 35.8 Å². The number of halogens is 4. The lowest BCUT2D eigenvalue weighted by Crippen LogP contribution is -2.31. The third kappa shape index (κ3) is 3.67. The van der Waals surface area contributed by atoms with Gasteiger partial charge in [0, 0.05) is 12.6 Å². The molecule has 0 aromatic heterocycles. The fourth-order valence-electron chi connectivity index (χ4n) is 2.13. The molecule has 124 valence electrons. The highest BCUT2D eigenvalue weighted by atomic mass is 35.5. The molecule has 1 aliphatic rings. The molecule has 4 nitrogen and oxygen atoms in total. The van der Waals surface area contributed by atoms with Crippen molar-refractivity contribution in [2.75, 3.05) is 13.1 Å². The lowest BCUT2D eigenvalue weighted by Gasteiger charge is -2.18. The van der Waals surface area contributed by atoms with Crippen LogP contribution >= 0.6 is 11.6 Å². The van der Waals surface area contributed by atoms with Gasteiger partial charge >= 0.3 is 6.18 Å². The molecular weight excluding hydrogens is 343 g/mol. The third-order valence-electron chi connectivity index (χ3n) is 3.44. The fraction of sp³-hybridized carbons (Fsp3) is 0.538. The van der Waals surface area contributed by atoms with Crippen molar-refractivity contribution >= 4 is 21.4 Å². The fourth-order valence-corrected chi connectivity index (χ4v) is 4.34. The maximum absolute atomic E-state index is 12.4. The van der Waals surface area contributed by atoms with E-state index in [4.69, 9.17) is 16.3 Å². The maximum atomic E-state index is 12.4. The Morgan fingerprint density at radius 1 is 1.41 bits per heavy atom. The number of hydrogen-bond acceptors (Lipinski definition) is 4. The maximum Gasteiger partial charge on any atom is 0.425 e. The van der Waals surface area contributed by atoms with Gasteiger partial charge in [-0.1, -0.05) is 11.6 Å². The van der Waals surface area contributed by atoms with Crippen molar-refractivity contribution in [3.63, 3.8) is 0 Å². The third-order valence-corrected chi connectivity index (χ3v) is 6.11. The predicted molar refractivity (Wildman–Crippen MR) is 76.1 cm³/mol. The second kappa shape index (κ2) is 6.25. The van der Waals surface area contributed by atoms with Crippen LogP contribution in [0.15, 0.2) is 23.1 Å². The number of nitrogens with one attached hydrogen (secondary N) is 1. The molecule has 1 N–H and O–H groups in total. The van der Waals surface area contributed by atoms with Crippen molar-refractivity contribution in [2.24, 2.45) is 0 Å². The second-order valence-corrected chi connectivity index (χ2v) is 7.66. The van der Waals surface area contributed by atoms with Gasteiger partial charge < -0.3 is 10.1 Å². The zero-order chi connectivity index (χ0) is 16.5. The molecule has 1 aromatic carbocycles. The normalized spacial score (nSPS) is 20.9. The van der Waals surface area contributed by atoms with Gasteiger partial charge in [-0.3, -0.25) is 0 Å². The van der Waals surface area contributed by atoms with Gasteiger partial charge in [-0.25, -0.2) is 8.42 Å². The van der Waals surface area contributed by atoms with Crippen LogP contribution in [-0.2, 0) is 9.84 Å². The molecule has 0 saturated carbocycles. The highest BCUT2D eigenvalue weighted by Crippen LogP contribution is 2.32. The summed E-state index contributed by atoms with van der Waals surface area (Å²) in [6.07, 6.45) is -6.04. The van der Waals surface area contributed by atoms with Gasteiger partial charge in [0.15, 0.2) is 15.9 Å². The lowest BCUT2D eigenvalue weighted by atomic mass is 10.3. The van der Waals surface area contributed by atoms with E-state index in [0.717, 1.165) is 13.0 Å². The van der Waals surface area contributed by atoms with E-state index in [0.29, 0.717) is 19.5 Å². The van der Waals surface area contributed by atoms with Crippen molar-refractivity contribution in [1.82, 2.24) is 5.32 Å². The number of sulfone groups is 1. The van der Waals surface area contributed by atoms with E-state index >= 15 is 0 Å². The first-order valence-corrected chi connectivity index (χ1v) is 8.52. The second-order valence-electron chi connectivity index (χ2n) is 5.05. The quantitative estimate of drug-likeness (QED) is 0.900. The molecule has 1 saturated heterocycles. The molecule has 1 aromatic rings. The molecule has 0 spiro atoms. The number of benzene rings is 1. The van der Waals surface area contributed by atoms with Gasteiger partial charge in [-0.05, 0) is 32.0 Å². The summed E-state index contributed by atoms with van der Waals surface area (Å²) in [6, 6.07) is 3.47. The number of rotatable bonds is 4. The van der Waals surface area contributed by atoms with Gasteiger partial charge in [-0.2, -0.15) is 13.2 Å². The Morgan fingerprint density at radius 3 is 2.59 bits per heavy atom. The van der Waals surface area contributed by atoms with Crippen molar-refractivity contribution in [1.29, 1.82) is 0 Å². The molecule has 2 atom stereocenters. The molecule has 0 radical (unpaired) electrons. The van der Waals surface area contributed by atoms with E-state index in [-0.39, 0.29) is 15.7 Å². The van der Waals surface area contributed by atoms with Crippen LogP contribution in [0.1, 0.15) is 13.3 Å². The summed E-state index contributed by atoms with van der Waals surface area (Å²) < 4.78 is 66.9. The van der Waals surface area contributed by atoms with Crippen LogP contribution in [0.2, 0.25) is 5.02 Å². The topological polar surface area (TPSA) is 55.4 Å². The summed E-state index contributed by atoms with van der Waals surface area (Å²) in [5, 5.41) is 2.23. The standard InChI is InChI=1S/C13H15ClF3NO3S/c1-8(13(15,16)17)21-9-2-3-12(11(14)6-9)22(19,20)10-4-5-18-7-10/h2-3,6,8,10,18H,4-5,7H2,1H3/t8-,10-/m0/s1. The smallest absolute Gasteiger partial charge is 0.425 e. The Labute approximate surface area is 131 Å². The van der Waals surface area contributed by atoms with Gasteiger partial charge in [0.1, 0.15) is 5.75 Å². The summed E-state index contributed by atoms with van der Waals surface area (Å²) in [7, 11) is -3.62. The SMILES string of the molecule is C[C@H](Oc1ccc(S(=O)(=O)[C@H]2CCNC2)c(Cl)c1)C(F)(F)F. The van der Waals surface area contributed by atoms with Gasteiger partial charge in [0.2, 0.25) is 0 Å². The molecule has 0 aliphatic carbocycles. The molecule has 1 fully saturated rings. The molecule has 9 heteroatoms.